The third-order valence-electron chi connectivity index (χ3n) is 2.31. The summed E-state index contributed by atoms with van der Waals surface area (Å²) in [4.78, 5) is 10.8. The van der Waals surface area contributed by atoms with Gasteiger partial charge in [0.25, 0.3) is 0 Å². The highest BCUT2D eigenvalue weighted by Crippen LogP contribution is 2.40. The van der Waals surface area contributed by atoms with Crippen LogP contribution in [0.25, 0.3) is 0 Å². The molecule has 0 radical (unpaired) electrons. The number of carboxylic acids is 1. The molecule has 0 amide bonds. The Balaban J connectivity index is 0.00000144. The van der Waals surface area contributed by atoms with E-state index in [1.54, 1.807) is 0 Å². The summed E-state index contributed by atoms with van der Waals surface area (Å²) in [7, 11) is 0. The molecule has 0 spiro atoms. The van der Waals surface area contributed by atoms with Crippen LogP contribution in [-0.2, 0) is 6.18 Å². The zero-order valence-corrected chi connectivity index (χ0v) is 9.18. The quantitative estimate of drug-likeness (QED) is 0.861. The third-order valence-corrected chi connectivity index (χ3v) is 2.31. The molecule has 0 aromatic carbocycles. The predicted molar refractivity (Wildman–Crippen MR) is 54.1 cm³/mol. The van der Waals surface area contributed by atoms with Gasteiger partial charge in [-0.05, 0) is 12.8 Å². The van der Waals surface area contributed by atoms with Gasteiger partial charge < -0.3 is 10.8 Å². The van der Waals surface area contributed by atoms with Gasteiger partial charge in [-0.25, -0.2) is 4.79 Å². The minimum atomic E-state index is -4.73. The molecule has 17 heavy (non-hydrogen) atoms. The van der Waals surface area contributed by atoms with Crippen LogP contribution in [0.1, 0.15) is 35.1 Å². The maximum atomic E-state index is 12.4. The Kier molecular flexibility index (Phi) is 3.28. The summed E-state index contributed by atoms with van der Waals surface area (Å²) in [5, 5.41) is 12.0. The van der Waals surface area contributed by atoms with Crippen molar-refractivity contribution in [2.75, 3.05) is 5.73 Å². The molecular weight excluding hydrogens is 263 g/mol. The molecule has 1 heterocycles. The molecule has 1 aromatic rings. The fourth-order valence-corrected chi connectivity index (χ4v) is 1.45. The number of anilines is 1. The molecule has 0 atom stereocenters. The number of nitrogens with zero attached hydrogens (tertiary/aromatic N) is 2. The first-order valence-electron chi connectivity index (χ1n) is 4.51. The lowest BCUT2D eigenvalue weighted by Gasteiger charge is -2.01. The molecule has 9 heteroatoms. The molecule has 3 N–H and O–H groups in total. The number of nitrogens with two attached hydrogens (primary N) is 1. The van der Waals surface area contributed by atoms with Gasteiger partial charge in [0.05, 0.1) is 11.7 Å². The van der Waals surface area contributed by atoms with E-state index in [2.05, 4.69) is 5.10 Å². The molecule has 0 unspecified atom stereocenters. The van der Waals surface area contributed by atoms with Crippen molar-refractivity contribution < 1.29 is 23.1 Å². The molecule has 0 bridgehead atoms. The van der Waals surface area contributed by atoms with E-state index in [9.17, 15) is 18.0 Å². The second kappa shape index (κ2) is 4.10. The highest BCUT2D eigenvalue weighted by atomic mass is 35.5. The summed E-state index contributed by atoms with van der Waals surface area (Å²) in [6.07, 6.45) is -3.48. The molecule has 5 nitrogen and oxygen atoms in total. The number of aromatic nitrogens is 2. The van der Waals surface area contributed by atoms with E-state index >= 15 is 0 Å². The van der Waals surface area contributed by atoms with Crippen LogP contribution in [0.5, 0.6) is 0 Å². The number of carboxylic acid groups (broad SMARTS) is 1. The van der Waals surface area contributed by atoms with Gasteiger partial charge in [-0.15, -0.1) is 12.4 Å². The summed E-state index contributed by atoms with van der Waals surface area (Å²) in [6.45, 7) is 0. The van der Waals surface area contributed by atoms with Gasteiger partial charge in [0, 0.05) is 0 Å². The van der Waals surface area contributed by atoms with Crippen molar-refractivity contribution in [1.82, 2.24) is 9.78 Å². The molecule has 1 aliphatic carbocycles. The molecular formula is C8H9ClF3N3O2. The van der Waals surface area contributed by atoms with Crippen molar-refractivity contribution >= 4 is 24.1 Å². The first-order chi connectivity index (χ1) is 7.32. The fourth-order valence-electron chi connectivity index (χ4n) is 1.45. The molecule has 1 fully saturated rings. The van der Waals surface area contributed by atoms with Crippen LogP contribution < -0.4 is 5.73 Å². The Labute approximate surface area is 99.8 Å². The lowest BCUT2D eigenvalue weighted by molar-refractivity contribution is -0.140. The van der Waals surface area contributed by atoms with Crippen molar-refractivity contribution in [3.8, 4) is 0 Å². The van der Waals surface area contributed by atoms with Gasteiger partial charge in [0.15, 0.2) is 11.4 Å². The van der Waals surface area contributed by atoms with Gasteiger partial charge >= 0.3 is 12.1 Å². The van der Waals surface area contributed by atoms with Crippen LogP contribution in [0.4, 0.5) is 18.9 Å². The monoisotopic (exact) mass is 271 g/mol. The highest BCUT2D eigenvalue weighted by Gasteiger charge is 2.42. The maximum absolute atomic E-state index is 12.4. The van der Waals surface area contributed by atoms with E-state index in [1.165, 1.54) is 0 Å². The van der Waals surface area contributed by atoms with Crippen molar-refractivity contribution in [2.24, 2.45) is 0 Å². The molecule has 0 saturated heterocycles. The summed E-state index contributed by atoms with van der Waals surface area (Å²) in [6, 6.07) is -0.274. The van der Waals surface area contributed by atoms with Crippen LogP contribution in [0.2, 0.25) is 0 Å². The highest BCUT2D eigenvalue weighted by molar-refractivity contribution is 5.92. The van der Waals surface area contributed by atoms with Gasteiger partial charge in [-0.1, -0.05) is 0 Å². The van der Waals surface area contributed by atoms with E-state index in [1.807, 2.05) is 0 Å². The minimum Gasteiger partial charge on any atom is -0.476 e. The predicted octanol–water partition coefficient (Wildman–Crippen LogP) is 1.94. The van der Waals surface area contributed by atoms with E-state index in [-0.39, 0.29) is 18.4 Å². The number of halogens is 4. The fraction of sp³-hybridized carbons (Fsp3) is 0.500. The normalized spacial score (nSPS) is 15.5. The Morgan fingerprint density at radius 3 is 2.35 bits per heavy atom. The second-order valence-electron chi connectivity index (χ2n) is 3.59. The summed E-state index contributed by atoms with van der Waals surface area (Å²) < 4.78 is 38.2. The first kappa shape index (κ1) is 13.6. The summed E-state index contributed by atoms with van der Waals surface area (Å²) in [5.41, 5.74) is 2.46. The summed E-state index contributed by atoms with van der Waals surface area (Å²) >= 11 is 0. The zero-order chi connectivity index (χ0) is 12.1. The molecule has 1 aliphatic rings. The van der Waals surface area contributed by atoms with Crippen molar-refractivity contribution in [2.45, 2.75) is 25.1 Å². The third kappa shape index (κ3) is 2.31. The smallest absolute Gasteiger partial charge is 0.437 e. The maximum Gasteiger partial charge on any atom is 0.437 e. The zero-order valence-electron chi connectivity index (χ0n) is 8.36. The van der Waals surface area contributed by atoms with E-state index in [0.29, 0.717) is 12.8 Å². The largest absolute Gasteiger partial charge is 0.476 e. The minimum absolute atomic E-state index is 0. The molecule has 2 rings (SSSR count). The molecule has 1 saturated carbocycles. The van der Waals surface area contributed by atoms with E-state index in [4.69, 9.17) is 10.8 Å². The lowest BCUT2D eigenvalue weighted by Crippen LogP contribution is -2.10. The van der Waals surface area contributed by atoms with Crippen molar-refractivity contribution in [3.63, 3.8) is 0 Å². The van der Waals surface area contributed by atoms with Gasteiger partial charge in [0.2, 0.25) is 0 Å². The van der Waals surface area contributed by atoms with Gasteiger partial charge in [0.1, 0.15) is 0 Å². The Bertz CT molecular complexity index is 454. The summed E-state index contributed by atoms with van der Waals surface area (Å²) in [5.74, 6) is -1.49. The average molecular weight is 272 g/mol. The number of nitrogen functional groups attached to an aromatic ring is 1. The lowest BCUT2D eigenvalue weighted by atomic mass is 10.3. The first-order valence-corrected chi connectivity index (χ1v) is 4.51. The van der Waals surface area contributed by atoms with E-state index in [0.717, 1.165) is 4.68 Å². The number of alkyl halides is 3. The molecule has 1 aromatic heterocycles. The van der Waals surface area contributed by atoms with Gasteiger partial charge in [-0.2, -0.15) is 18.3 Å². The standard InChI is InChI=1S/C8H8F3N3O2.ClH/c9-8(10,11)6-4(12)5(7(15)16)14(13-6)3-1-2-3;/h3H,1-2,12H2,(H,15,16);1H. The van der Waals surface area contributed by atoms with Crippen LogP contribution >= 0.6 is 12.4 Å². The van der Waals surface area contributed by atoms with Crippen LogP contribution in [0, 0.1) is 0 Å². The second-order valence-corrected chi connectivity index (χ2v) is 3.59. The van der Waals surface area contributed by atoms with Crippen molar-refractivity contribution in [1.29, 1.82) is 0 Å². The Morgan fingerprint density at radius 2 is 2.00 bits per heavy atom. The number of hydrogen-bond donors (Lipinski definition) is 2. The number of carbonyl (C=O) groups is 1. The Hall–Kier alpha value is -1.44. The average Bonchev–Trinajstić information content (AvgIpc) is 2.87. The topological polar surface area (TPSA) is 81.1 Å². The van der Waals surface area contributed by atoms with Crippen LogP contribution in [0.3, 0.4) is 0 Å². The molecule has 96 valence electrons. The SMILES string of the molecule is Cl.Nc1c(C(F)(F)F)nn(C2CC2)c1C(=O)O. The number of aromatic carboxylic acids is 1. The van der Waals surface area contributed by atoms with Crippen LogP contribution in [0.15, 0.2) is 0 Å². The van der Waals surface area contributed by atoms with Crippen LogP contribution in [-0.4, -0.2) is 20.9 Å². The van der Waals surface area contributed by atoms with Gasteiger partial charge in [-0.3, -0.25) is 4.68 Å². The molecule has 0 aliphatic heterocycles. The number of rotatable bonds is 2. The van der Waals surface area contributed by atoms with E-state index < -0.39 is 29.2 Å². The Morgan fingerprint density at radius 1 is 1.47 bits per heavy atom. The van der Waals surface area contributed by atoms with Crippen molar-refractivity contribution in [3.05, 3.63) is 11.4 Å². The number of hydrogen-bond acceptors (Lipinski definition) is 3.